The number of amides is 2. The van der Waals surface area contributed by atoms with Crippen LogP contribution in [-0.2, 0) is 0 Å². The quantitative estimate of drug-likeness (QED) is 0.640. The number of nitrogens with one attached hydrogen (secondary N) is 2. The summed E-state index contributed by atoms with van der Waals surface area (Å²) in [7, 11) is 3.05. The summed E-state index contributed by atoms with van der Waals surface area (Å²) in [6.45, 7) is 4.53. The van der Waals surface area contributed by atoms with Crippen LogP contribution < -0.4 is 20.1 Å². The van der Waals surface area contributed by atoms with Crippen molar-refractivity contribution in [2.45, 2.75) is 13.8 Å². The topological polar surface area (TPSA) is 94.0 Å². The summed E-state index contributed by atoms with van der Waals surface area (Å²) in [5, 5.41) is 5.63. The van der Waals surface area contributed by atoms with Crippen molar-refractivity contribution in [3.05, 3.63) is 54.1 Å². The van der Waals surface area contributed by atoms with Crippen molar-refractivity contribution in [1.29, 1.82) is 0 Å². The number of rotatable bonds is 7. The van der Waals surface area contributed by atoms with Gasteiger partial charge in [0.2, 0.25) is 5.82 Å². The van der Waals surface area contributed by atoms with Gasteiger partial charge in [-0.3, -0.25) is 14.0 Å². The van der Waals surface area contributed by atoms with Gasteiger partial charge in [0.1, 0.15) is 11.5 Å². The van der Waals surface area contributed by atoms with Gasteiger partial charge in [0.15, 0.2) is 5.69 Å². The second kappa shape index (κ2) is 8.64. The van der Waals surface area contributed by atoms with E-state index in [9.17, 15) is 9.59 Å². The highest BCUT2D eigenvalue weighted by molar-refractivity contribution is 6.06. The van der Waals surface area contributed by atoms with Crippen molar-refractivity contribution in [1.82, 2.24) is 14.7 Å². The molecule has 0 unspecified atom stereocenters. The molecule has 0 spiro atoms. The van der Waals surface area contributed by atoms with Crippen LogP contribution in [-0.4, -0.2) is 42.0 Å². The molecule has 0 saturated carbocycles. The predicted octanol–water partition coefficient (Wildman–Crippen LogP) is 2.99. The first-order chi connectivity index (χ1) is 13.9. The summed E-state index contributed by atoms with van der Waals surface area (Å²) in [6, 6.07) is 10.4. The Bertz CT molecular complexity index is 1040. The normalized spacial score (nSPS) is 10.8. The maximum atomic E-state index is 13.0. The van der Waals surface area contributed by atoms with E-state index in [4.69, 9.17) is 9.47 Å². The standard InChI is InChI=1S/C21H24N4O4/c1-13(2)12-22-20(26)18-16-7-5-6-10-25(16)19(24-18)21(27)23-15-11-14(28-3)8-9-17(15)29-4/h5-11,13H,12H2,1-4H3,(H,22,26)(H,23,27). The molecule has 0 aliphatic rings. The minimum atomic E-state index is -0.472. The van der Waals surface area contributed by atoms with E-state index in [0.717, 1.165) is 0 Å². The van der Waals surface area contributed by atoms with Crippen LogP contribution in [0.25, 0.3) is 5.52 Å². The van der Waals surface area contributed by atoms with Crippen molar-refractivity contribution < 1.29 is 19.1 Å². The van der Waals surface area contributed by atoms with Gasteiger partial charge in [-0.25, -0.2) is 4.98 Å². The third-order valence-electron chi connectivity index (χ3n) is 4.29. The van der Waals surface area contributed by atoms with Crippen molar-refractivity contribution in [2.75, 3.05) is 26.1 Å². The van der Waals surface area contributed by atoms with Crippen LogP contribution >= 0.6 is 0 Å². The van der Waals surface area contributed by atoms with E-state index in [1.54, 1.807) is 47.0 Å². The lowest BCUT2D eigenvalue weighted by molar-refractivity contribution is 0.0946. The number of methoxy groups -OCH3 is 2. The summed E-state index contributed by atoms with van der Waals surface area (Å²) in [5.74, 6) is 0.662. The first-order valence-corrected chi connectivity index (χ1v) is 9.23. The van der Waals surface area contributed by atoms with E-state index >= 15 is 0 Å². The van der Waals surface area contributed by atoms with Crippen LogP contribution in [0.1, 0.15) is 35.0 Å². The number of fused-ring (bicyclic) bond motifs is 1. The van der Waals surface area contributed by atoms with Crippen LogP contribution in [0.4, 0.5) is 5.69 Å². The number of carbonyl (C=O) groups excluding carboxylic acids is 2. The van der Waals surface area contributed by atoms with Gasteiger partial charge in [0, 0.05) is 18.8 Å². The number of aromatic nitrogens is 2. The van der Waals surface area contributed by atoms with Gasteiger partial charge < -0.3 is 20.1 Å². The molecule has 8 heteroatoms. The number of anilines is 1. The SMILES string of the molecule is COc1ccc(OC)c(NC(=O)c2nc(C(=O)NCC(C)C)c3ccccn23)c1. The van der Waals surface area contributed by atoms with Crippen LogP contribution in [0.5, 0.6) is 11.5 Å². The Balaban J connectivity index is 1.96. The molecule has 0 aliphatic carbocycles. The minimum Gasteiger partial charge on any atom is -0.497 e. The highest BCUT2D eigenvalue weighted by Crippen LogP contribution is 2.29. The number of carbonyl (C=O) groups is 2. The van der Waals surface area contributed by atoms with Gasteiger partial charge in [-0.1, -0.05) is 19.9 Å². The van der Waals surface area contributed by atoms with E-state index in [1.807, 2.05) is 13.8 Å². The molecule has 0 bridgehead atoms. The van der Waals surface area contributed by atoms with Gasteiger partial charge in [-0.2, -0.15) is 0 Å². The monoisotopic (exact) mass is 396 g/mol. The summed E-state index contributed by atoms with van der Waals surface area (Å²) < 4.78 is 12.1. The van der Waals surface area contributed by atoms with Crippen molar-refractivity contribution in [3.63, 3.8) is 0 Å². The molecule has 3 rings (SSSR count). The molecule has 8 nitrogen and oxygen atoms in total. The Labute approximate surface area is 168 Å². The Morgan fingerprint density at radius 2 is 1.90 bits per heavy atom. The lowest BCUT2D eigenvalue weighted by Crippen LogP contribution is -2.27. The van der Waals surface area contributed by atoms with Gasteiger partial charge in [0.25, 0.3) is 11.8 Å². The highest BCUT2D eigenvalue weighted by atomic mass is 16.5. The zero-order valence-electron chi connectivity index (χ0n) is 16.9. The molecule has 152 valence electrons. The molecule has 0 atom stereocenters. The Morgan fingerprint density at radius 1 is 1.10 bits per heavy atom. The van der Waals surface area contributed by atoms with Crippen LogP contribution in [0, 0.1) is 5.92 Å². The first-order valence-electron chi connectivity index (χ1n) is 9.23. The Kier molecular flexibility index (Phi) is 6.01. The number of nitrogens with zero attached hydrogens (tertiary/aromatic N) is 2. The molecular formula is C21H24N4O4. The maximum Gasteiger partial charge on any atom is 0.292 e. The van der Waals surface area contributed by atoms with E-state index in [0.29, 0.717) is 35.2 Å². The fraction of sp³-hybridized carbons (Fsp3) is 0.286. The molecule has 2 amide bonds. The molecule has 0 saturated heterocycles. The number of hydrogen-bond acceptors (Lipinski definition) is 5. The van der Waals surface area contributed by atoms with Gasteiger partial charge in [-0.05, 0) is 30.2 Å². The van der Waals surface area contributed by atoms with E-state index in [1.165, 1.54) is 14.2 Å². The summed E-state index contributed by atoms with van der Waals surface area (Å²) in [4.78, 5) is 29.9. The van der Waals surface area contributed by atoms with Gasteiger partial charge in [0.05, 0.1) is 25.4 Å². The third kappa shape index (κ3) is 4.31. The molecule has 3 aromatic rings. The average Bonchev–Trinajstić information content (AvgIpc) is 3.12. The lowest BCUT2D eigenvalue weighted by atomic mass is 10.2. The smallest absolute Gasteiger partial charge is 0.292 e. The third-order valence-corrected chi connectivity index (χ3v) is 4.29. The molecule has 0 aliphatic heterocycles. The fourth-order valence-corrected chi connectivity index (χ4v) is 2.84. The van der Waals surface area contributed by atoms with Gasteiger partial charge >= 0.3 is 0 Å². The van der Waals surface area contributed by atoms with Crippen molar-refractivity contribution in [2.24, 2.45) is 5.92 Å². The largest absolute Gasteiger partial charge is 0.497 e. The summed E-state index contributed by atoms with van der Waals surface area (Å²) >= 11 is 0. The minimum absolute atomic E-state index is 0.0974. The molecule has 1 aromatic carbocycles. The zero-order valence-corrected chi connectivity index (χ0v) is 16.9. The number of ether oxygens (including phenoxy) is 2. The van der Waals surface area contributed by atoms with E-state index < -0.39 is 5.91 Å². The van der Waals surface area contributed by atoms with Crippen molar-refractivity contribution >= 4 is 23.0 Å². The predicted molar refractivity (Wildman–Crippen MR) is 110 cm³/mol. The van der Waals surface area contributed by atoms with E-state index in [-0.39, 0.29) is 17.4 Å². The molecule has 2 N–H and O–H groups in total. The first kappa shape index (κ1) is 20.2. The molecule has 0 radical (unpaired) electrons. The number of benzene rings is 1. The fourth-order valence-electron chi connectivity index (χ4n) is 2.84. The molecular weight excluding hydrogens is 372 g/mol. The molecule has 29 heavy (non-hydrogen) atoms. The summed E-state index contributed by atoms with van der Waals surface area (Å²) in [6.07, 6.45) is 1.69. The number of pyridine rings is 1. The Hall–Kier alpha value is -3.55. The maximum absolute atomic E-state index is 13.0. The zero-order chi connectivity index (χ0) is 21.0. The average molecular weight is 396 g/mol. The summed E-state index contributed by atoms with van der Waals surface area (Å²) in [5.41, 5.74) is 1.20. The van der Waals surface area contributed by atoms with E-state index in [2.05, 4.69) is 15.6 Å². The lowest BCUT2D eigenvalue weighted by Gasteiger charge is -2.11. The van der Waals surface area contributed by atoms with Crippen LogP contribution in [0.2, 0.25) is 0 Å². The van der Waals surface area contributed by atoms with Crippen molar-refractivity contribution in [3.8, 4) is 11.5 Å². The molecule has 0 fully saturated rings. The van der Waals surface area contributed by atoms with Crippen LogP contribution in [0.15, 0.2) is 42.6 Å². The van der Waals surface area contributed by atoms with Gasteiger partial charge in [-0.15, -0.1) is 0 Å². The molecule has 2 heterocycles. The highest BCUT2D eigenvalue weighted by Gasteiger charge is 2.22. The number of hydrogen-bond donors (Lipinski definition) is 2. The second-order valence-electron chi connectivity index (χ2n) is 6.86. The molecule has 2 aromatic heterocycles. The Morgan fingerprint density at radius 3 is 2.59 bits per heavy atom. The van der Waals surface area contributed by atoms with Crippen LogP contribution in [0.3, 0.4) is 0 Å². The second-order valence-corrected chi connectivity index (χ2v) is 6.86. The number of imidazole rings is 1.